The summed E-state index contributed by atoms with van der Waals surface area (Å²) < 4.78 is 5.70. The molecule has 2 aromatic carbocycles. The quantitative estimate of drug-likeness (QED) is 0.856. The molecule has 5 heteroatoms. The third-order valence-electron chi connectivity index (χ3n) is 4.68. The van der Waals surface area contributed by atoms with Gasteiger partial charge in [-0.25, -0.2) is 0 Å². The molecule has 25 heavy (non-hydrogen) atoms. The third-order valence-corrected chi connectivity index (χ3v) is 5.02. The minimum absolute atomic E-state index is 0.0309. The fourth-order valence-electron chi connectivity index (χ4n) is 3.37. The first-order chi connectivity index (χ1) is 12.1. The highest BCUT2D eigenvalue weighted by molar-refractivity contribution is 6.31. The lowest BCUT2D eigenvalue weighted by molar-refractivity contribution is 0.450. The van der Waals surface area contributed by atoms with E-state index in [0.29, 0.717) is 10.8 Å². The molecule has 0 saturated carbocycles. The molecule has 0 aliphatic carbocycles. The van der Waals surface area contributed by atoms with Crippen molar-refractivity contribution in [2.24, 2.45) is 5.92 Å². The Morgan fingerprint density at radius 2 is 1.88 bits per heavy atom. The van der Waals surface area contributed by atoms with Crippen LogP contribution in [0.1, 0.15) is 30.9 Å². The number of nitrogens with zero attached hydrogens (tertiary/aromatic N) is 2. The summed E-state index contributed by atoms with van der Waals surface area (Å²) >= 11 is 6.39. The molecule has 2 atom stereocenters. The van der Waals surface area contributed by atoms with E-state index in [1.165, 1.54) is 0 Å². The summed E-state index contributed by atoms with van der Waals surface area (Å²) in [6.07, 6.45) is 0. The molecule has 1 N–H and O–H groups in total. The van der Waals surface area contributed by atoms with Gasteiger partial charge in [-0.15, -0.1) is 0 Å². The second-order valence-corrected chi connectivity index (χ2v) is 6.37. The van der Waals surface area contributed by atoms with Gasteiger partial charge in [-0.3, -0.25) is 5.41 Å². The maximum atomic E-state index is 9.61. The highest BCUT2D eigenvalue weighted by Crippen LogP contribution is 2.45. The van der Waals surface area contributed by atoms with Crippen molar-refractivity contribution in [2.75, 3.05) is 18.0 Å². The van der Waals surface area contributed by atoms with Gasteiger partial charge < -0.3 is 9.64 Å². The summed E-state index contributed by atoms with van der Waals surface area (Å²) in [7, 11) is 0. The monoisotopic (exact) mass is 353 g/mol. The molecule has 0 radical (unpaired) electrons. The molecule has 2 unspecified atom stereocenters. The molecule has 0 fully saturated rings. The summed E-state index contributed by atoms with van der Waals surface area (Å²) in [4.78, 5) is 2.22. The molecule has 3 rings (SSSR count). The minimum atomic E-state index is -0.688. The lowest BCUT2D eigenvalue weighted by Crippen LogP contribution is -2.31. The van der Waals surface area contributed by atoms with Crippen molar-refractivity contribution < 1.29 is 4.74 Å². The van der Waals surface area contributed by atoms with Gasteiger partial charge in [0, 0.05) is 41.3 Å². The first-order valence-corrected chi connectivity index (χ1v) is 8.77. The van der Waals surface area contributed by atoms with Crippen LogP contribution in [0.2, 0.25) is 5.02 Å². The first-order valence-electron chi connectivity index (χ1n) is 8.39. The zero-order valence-electron chi connectivity index (χ0n) is 14.3. The van der Waals surface area contributed by atoms with Crippen LogP contribution in [-0.2, 0) is 0 Å². The van der Waals surface area contributed by atoms with E-state index in [1.807, 2.05) is 42.5 Å². The largest absolute Gasteiger partial charge is 0.442 e. The fraction of sp³-hybridized carbons (Fsp3) is 0.300. The summed E-state index contributed by atoms with van der Waals surface area (Å²) in [5.41, 5.74) is 2.79. The van der Waals surface area contributed by atoms with Crippen molar-refractivity contribution in [1.29, 1.82) is 10.7 Å². The SMILES string of the molecule is CCN(CC)c1ccc2c(c1)OC(=N)C(C#N)C2c1ccccc1Cl. The van der Waals surface area contributed by atoms with Gasteiger partial charge in [-0.1, -0.05) is 35.9 Å². The molecule has 128 valence electrons. The zero-order valence-corrected chi connectivity index (χ0v) is 15.0. The van der Waals surface area contributed by atoms with Gasteiger partial charge in [0.25, 0.3) is 0 Å². The molecule has 1 heterocycles. The topological polar surface area (TPSA) is 60.1 Å². The highest BCUT2D eigenvalue weighted by atomic mass is 35.5. The summed E-state index contributed by atoms with van der Waals surface area (Å²) in [5.74, 6) is -0.394. The van der Waals surface area contributed by atoms with Crippen LogP contribution in [0.15, 0.2) is 42.5 Å². The van der Waals surface area contributed by atoms with Gasteiger partial charge in [0.15, 0.2) is 0 Å². The number of fused-ring (bicyclic) bond motifs is 1. The minimum Gasteiger partial charge on any atom is -0.442 e. The highest BCUT2D eigenvalue weighted by Gasteiger charge is 2.37. The van der Waals surface area contributed by atoms with Gasteiger partial charge in [-0.2, -0.15) is 5.26 Å². The molecule has 4 nitrogen and oxygen atoms in total. The zero-order chi connectivity index (χ0) is 18.0. The summed E-state index contributed by atoms with van der Waals surface area (Å²) in [5, 5.41) is 18.4. The number of anilines is 1. The van der Waals surface area contributed by atoms with Gasteiger partial charge in [0.1, 0.15) is 11.7 Å². The number of nitrogens with one attached hydrogen (secondary N) is 1. The van der Waals surface area contributed by atoms with Crippen molar-refractivity contribution in [3.05, 3.63) is 58.6 Å². The number of rotatable bonds is 4. The van der Waals surface area contributed by atoms with Crippen molar-refractivity contribution in [1.82, 2.24) is 0 Å². The Labute approximate surface area is 153 Å². The van der Waals surface area contributed by atoms with Crippen LogP contribution in [0.25, 0.3) is 0 Å². The van der Waals surface area contributed by atoms with E-state index in [9.17, 15) is 5.26 Å². The van der Waals surface area contributed by atoms with Crippen LogP contribution < -0.4 is 9.64 Å². The maximum absolute atomic E-state index is 9.61. The summed E-state index contributed by atoms with van der Waals surface area (Å²) in [6.45, 7) is 5.98. The van der Waals surface area contributed by atoms with Crippen LogP contribution in [0, 0.1) is 22.7 Å². The Morgan fingerprint density at radius 1 is 1.16 bits per heavy atom. The fourth-order valence-corrected chi connectivity index (χ4v) is 3.63. The number of nitriles is 1. The van der Waals surface area contributed by atoms with Crippen LogP contribution >= 0.6 is 11.6 Å². The predicted octanol–water partition coefficient (Wildman–Crippen LogP) is 4.83. The molecule has 0 spiro atoms. The third kappa shape index (κ3) is 3.08. The Kier molecular flexibility index (Phi) is 4.96. The van der Waals surface area contributed by atoms with Crippen LogP contribution in [0.4, 0.5) is 5.69 Å². The Morgan fingerprint density at radius 3 is 2.52 bits per heavy atom. The van der Waals surface area contributed by atoms with Crippen LogP contribution in [0.5, 0.6) is 5.75 Å². The average Bonchev–Trinajstić information content (AvgIpc) is 2.62. The van der Waals surface area contributed by atoms with E-state index in [-0.39, 0.29) is 11.8 Å². The Balaban J connectivity index is 2.15. The molecule has 2 aromatic rings. The molecule has 0 amide bonds. The second kappa shape index (κ2) is 7.16. The van der Waals surface area contributed by atoms with E-state index in [2.05, 4.69) is 24.8 Å². The van der Waals surface area contributed by atoms with E-state index < -0.39 is 5.92 Å². The van der Waals surface area contributed by atoms with Gasteiger partial charge in [0.2, 0.25) is 5.90 Å². The average molecular weight is 354 g/mol. The smallest absolute Gasteiger partial charge is 0.205 e. The molecule has 0 aromatic heterocycles. The van der Waals surface area contributed by atoms with Crippen molar-refractivity contribution in [2.45, 2.75) is 19.8 Å². The molecule has 0 saturated heterocycles. The van der Waals surface area contributed by atoms with Gasteiger partial charge in [-0.05, 0) is 31.5 Å². The summed E-state index contributed by atoms with van der Waals surface area (Å²) in [6, 6.07) is 15.7. The van der Waals surface area contributed by atoms with Crippen molar-refractivity contribution >= 4 is 23.2 Å². The molecular formula is C20H20ClN3O. The first kappa shape index (κ1) is 17.3. The predicted molar refractivity (Wildman–Crippen MR) is 101 cm³/mol. The van der Waals surface area contributed by atoms with Gasteiger partial charge >= 0.3 is 0 Å². The number of hydrogen-bond donors (Lipinski definition) is 1. The Hall–Kier alpha value is -2.51. The molecular weight excluding hydrogens is 334 g/mol. The number of halogens is 1. The van der Waals surface area contributed by atoms with Crippen LogP contribution in [-0.4, -0.2) is 19.0 Å². The molecule has 0 bridgehead atoms. The van der Waals surface area contributed by atoms with E-state index in [1.54, 1.807) is 0 Å². The van der Waals surface area contributed by atoms with E-state index >= 15 is 0 Å². The second-order valence-electron chi connectivity index (χ2n) is 5.97. The lowest BCUT2D eigenvalue weighted by atomic mass is 9.79. The van der Waals surface area contributed by atoms with Crippen molar-refractivity contribution in [3.8, 4) is 11.8 Å². The lowest BCUT2D eigenvalue weighted by Gasteiger charge is -2.32. The molecule has 1 aliphatic heterocycles. The maximum Gasteiger partial charge on any atom is 0.205 e. The number of ether oxygens (including phenoxy) is 1. The number of hydrogen-bond acceptors (Lipinski definition) is 4. The van der Waals surface area contributed by atoms with Gasteiger partial charge in [0.05, 0.1) is 6.07 Å². The van der Waals surface area contributed by atoms with Crippen molar-refractivity contribution in [3.63, 3.8) is 0 Å². The molecule has 1 aliphatic rings. The van der Waals surface area contributed by atoms with E-state index in [4.69, 9.17) is 21.7 Å². The standard InChI is InChI=1S/C20H20ClN3O/c1-3-24(4-2)13-9-10-15-18(11-13)25-20(23)16(12-22)19(15)14-7-5-6-8-17(14)21/h5-11,16,19,23H,3-4H2,1-2H3. The normalized spacial score (nSPS) is 18.9. The number of benzene rings is 2. The van der Waals surface area contributed by atoms with Crippen LogP contribution in [0.3, 0.4) is 0 Å². The van der Waals surface area contributed by atoms with E-state index in [0.717, 1.165) is 29.9 Å². The Bertz CT molecular complexity index is 839.